The van der Waals surface area contributed by atoms with Crippen molar-refractivity contribution in [2.24, 2.45) is 11.1 Å². The number of amides is 1. The molecule has 1 amide bonds. The number of hydrogen-bond acceptors (Lipinski definition) is 4. The van der Waals surface area contributed by atoms with Gasteiger partial charge in [-0.2, -0.15) is 0 Å². The summed E-state index contributed by atoms with van der Waals surface area (Å²) >= 11 is 0. The molecule has 0 saturated carbocycles. The third kappa shape index (κ3) is 2.56. The van der Waals surface area contributed by atoms with Crippen LogP contribution >= 0.6 is 0 Å². The van der Waals surface area contributed by atoms with E-state index in [0.717, 1.165) is 48.3 Å². The molecule has 24 heavy (non-hydrogen) atoms. The molecule has 2 heterocycles. The Hall–Kier alpha value is -2.69. The Morgan fingerprint density at radius 1 is 1.12 bits per heavy atom. The molecule has 0 N–H and O–H groups in total. The van der Waals surface area contributed by atoms with E-state index in [0.29, 0.717) is 11.6 Å². The summed E-state index contributed by atoms with van der Waals surface area (Å²) in [4.78, 5) is 23.7. The van der Waals surface area contributed by atoms with Crippen LogP contribution in [0.15, 0.2) is 47.8 Å². The molecule has 1 aromatic carbocycles. The molecule has 0 radical (unpaired) electrons. The van der Waals surface area contributed by atoms with Crippen LogP contribution in [0.1, 0.15) is 30.9 Å². The lowest BCUT2D eigenvalue weighted by molar-refractivity contribution is 0.0920. The first-order valence-electron chi connectivity index (χ1n) is 8.33. The monoisotopic (exact) mass is 321 g/mol. The molecular formula is C19H19N3O2. The molecule has 1 saturated heterocycles. The number of carbonyl (C=O) groups is 1. The lowest BCUT2D eigenvalue weighted by Crippen LogP contribution is -2.37. The van der Waals surface area contributed by atoms with Crippen molar-refractivity contribution in [3.05, 3.63) is 53.7 Å². The fourth-order valence-corrected chi connectivity index (χ4v) is 3.28. The number of aromatic nitrogens is 1. The van der Waals surface area contributed by atoms with Crippen molar-refractivity contribution in [2.45, 2.75) is 19.8 Å². The maximum absolute atomic E-state index is 12.3. The molecule has 2 aromatic rings. The molecule has 1 aromatic heterocycles. The number of hydrogen-bond donors (Lipinski definition) is 0. The van der Waals surface area contributed by atoms with Crippen LogP contribution in [0, 0.1) is 5.92 Å². The molecule has 5 nitrogen and oxygen atoms in total. The van der Waals surface area contributed by atoms with E-state index < -0.39 is 0 Å². The summed E-state index contributed by atoms with van der Waals surface area (Å²) in [5.41, 5.74) is 4.43. The van der Waals surface area contributed by atoms with E-state index >= 15 is 0 Å². The molecule has 1 fully saturated rings. The van der Waals surface area contributed by atoms with Crippen LogP contribution in [0.4, 0.5) is 4.79 Å². The predicted octanol–water partition coefficient (Wildman–Crippen LogP) is 3.68. The first-order chi connectivity index (χ1) is 11.7. The number of rotatable bonds is 1. The van der Waals surface area contributed by atoms with Gasteiger partial charge < -0.3 is 4.90 Å². The Morgan fingerprint density at radius 3 is 2.62 bits per heavy atom. The van der Waals surface area contributed by atoms with Crippen LogP contribution in [0.25, 0.3) is 11.3 Å². The summed E-state index contributed by atoms with van der Waals surface area (Å²) in [5, 5.41) is 4.19. The number of piperidine rings is 1. The zero-order valence-corrected chi connectivity index (χ0v) is 13.6. The minimum atomic E-state index is -0.371. The number of fused-ring (bicyclic) bond motifs is 3. The van der Waals surface area contributed by atoms with Crippen molar-refractivity contribution < 1.29 is 9.63 Å². The van der Waals surface area contributed by atoms with Crippen LogP contribution in [0.3, 0.4) is 0 Å². The summed E-state index contributed by atoms with van der Waals surface area (Å²) in [7, 11) is 0. The van der Waals surface area contributed by atoms with E-state index in [-0.39, 0.29) is 6.09 Å². The van der Waals surface area contributed by atoms with Crippen LogP contribution in [-0.4, -0.2) is 34.8 Å². The summed E-state index contributed by atoms with van der Waals surface area (Å²) in [6.07, 6.45) is 3.42. The Bertz CT molecular complexity index is 760. The van der Waals surface area contributed by atoms with Crippen molar-refractivity contribution in [3.63, 3.8) is 0 Å². The highest BCUT2D eigenvalue weighted by Crippen LogP contribution is 2.35. The van der Waals surface area contributed by atoms with Crippen LogP contribution in [-0.2, 0) is 4.84 Å². The number of carbonyl (C=O) groups excluding carboxylic acids is 1. The van der Waals surface area contributed by atoms with Crippen LogP contribution in [0.5, 0.6) is 0 Å². The molecule has 4 rings (SSSR count). The quantitative estimate of drug-likeness (QED) is 0.507. The largest absolute Gasteiger partial charge is 0.435 e. The molecule has 0 bridgehead atoms. The zero-order chi connectivity index (χ0) is 16.5. The van der Waals surface area contributed by atoms with Gasteiger partial charge in [0.15, 0.2) is 0 Å². The van der Waals surface area contributed by atoms with Gasteiger partial charge in [-0.3, -0.25) is 9.82 Å². The maximum Gasteiger partial charge on any atom is 0.435 e. The van der Waals surface area contributed by atoms with Gasteiger partial charge in [0.25, 0.3) is 0 Å². The highest BCUT2D eigenvalue weighted by molar-refractivity contribution is 6.23. The van der Waals surface area contributed by atoms with E-state index in [1.807, 2.05) is 36.4 Å². The summed E-state index contributed by atoms with van der Waals surface area (Å²) in [6, 6.07) is 11.7. The smallest absolute Gasteiger partial charge is 0.306 e. The summed E-state index contributed by atoms with van der Waals surface area (Å²) in [5.74, 6) is 0.667. The van der Waals surface area contributed by atoms with Gasteiger partial charge in [-0.25, -0.2) is 4.79 Å². The van der Waals surface area contributed by atoms with Gasteiger partial charge in [0, 0.05) is 36.0 Å². The van der Waals surface area contributed by atoms with Gasteiger partial charge in [0.05, 0.1) is 5.69 Å². The Morgan fingerprint density at radius 2 is 1.83 bits per heavy atom. The second kappa shape index (κ2) is 6.07. The second-order valence-corrected chi connectivity index (χ2v) is 6.41. The first-order valence-corrected chi connectivity index (χ1v) is 8.33. The van der Waals surface area contributed by atoms with Crippen molar-refractivity contribution in [1.82, 2.24) is 9.88 Å². The SMILES string of the molecule is CC1CCN(C(=O)O/N=C2/c3ccccc3-c3ncccc32)CC1. The van der Waals surface area contributed by atoms with Crippen molar-refractivity contribution in [2.75, 3.05) is 13.1 Å². The molecule has 2 aliphatic rings. The second-order valence-electron chi connectivity index (χ2n) is 6.41. The number of nitrogens with zero attached hydrogens (tertiary/aromatic N) is 3. The summed E-state index contributed by atoms with van der Waals surface area (Å²) in [6.45, 7) is 3.68. The molecule has 1 aliphatic heterocycles. The van der Waals surface area contributed by atoms with E-state index in [1.54, 1.807) is 11.1 Å². The molecule has 5 heteroatoms. The third-order valence-electron chi connectivity index (χ3n) is 4.76. The maximum atomic E-state index is 12.3. The zero-order valence-electron chi connectivity index (χ0n) is 13.6. The Kier molecular flexibility index (Phi) is 3.76. The minimum Gasteiger partial charge on any atom is -0.306 e. The fourth-order valence-electron chi connectivity index (χ4n) is 3.28. The van der Waals surface area contributed by atoms with Crippen molar-refractivity contribution in [3.8, 4) is 11.3 Å². The van der Waals surface area contributed by atoms with E-state index in [1.165, 1.54) is 0 Å². The number of likely N-dealkylation sites (tertiary alicyclic amines) is 1. The van der Waals surface area contributed by atoms with Crippen LogP contribution < -0.4 is 0 Å². The number of benzene rings is 1. The fraction of sp³-hybridized carbons (Fsp3) is 0.316. The predicted molar refractivity (Wildman–Crippen MR) is 91.8 cm³/mol. The lowest BCUT2D eigenvalue weighted by Gasteiger charge is -2.28. The van der Waals surface area contributed by atoms with Gasteiger partial charge in [-0.1, -0.05) is 36.3 Å². The normalized spacial score (nSPS) is 18.4. The van der Waals surface area contributed by atoms with E-state index in [2.05, 4.69) is 17.1 Å². The molecule has 0 spiro atoms. The minimum absolute atomic E-state index is 0.371. The van der Waals surface area contributed by atoms with Gasteiger partial charge in [0.2, 0.25) is 0 Å². The highest BCUT2D eigenvalue weighted by atomic mass is 16.7. The molecular weight excluding hydrogens is 302 g/mol. The van der Waals surface area contributed by atoms with Gasteiger partial charge in [0.1, 0.15) is 5.71 Å². The number of oxime groups is 1. The number of pyridine rings is 1. The van der Waals surface area contributed by atoms with Crippen LogP contribution in [0.2, 0.25) is 0 Å². The molecule has 0 atom stereocenters. The molecule has 0 unspecified atom stereocenters. The van der Waals surface area contributed by atoms with Crippen molar-refractivity contribution >= 4 is 11.8 Å². The average Bonchev–Trinajstić information content (AvgIpc) is 2.94. The lowest BCUT2D eigenvalue weighted by atomic mass is 10.00. The summed E-state index contributed by atoms with van der Waals surface area (Å²) < 4.78 is 0. The Labute approximate surface area is 141 Å². The Balaban J connectivity index is 1.60. The van der Waals surface area contributed by atoms with E-state index in [4.69, 9.17) is 4.84 Å². The topological polar surface area (TPSA) is 54.8 Å². The van der Waals surface area contributed by atoms with Gasteiger partial charge in [-0.05, 0) is 30.9 Å². The van der Waals surface area contributed by atoms with E-state index in [9.17, 15) is 4.79 Å². The molecule has 122 valence electrons. The standard InChI is InChI=1S/C19H19N3O2/c1-13-8-11-22(12-9-13)19(23)24-21-18-15-6-3-2-5-14(15)17-16(18)7-4-10-20-17/h2-7,10,13H,8-9,11-12H2,1H3/b21-18-. The van der Waals surface area contributed by atoms with Gasteiger partial charge in [-0.15, -0.1) is 0 Å². The van der Waals surface area contributed by atoms with Crippen molar-refractivity contribution in [1.29, 1.82) is 0 Å². The molecule has 1 aliphatic carbocycles. The highest BCUT2D eigenvalue weighted by Gasteiger charge is 2.27. The third-order valence-corrected chi connectivity index (χ3v) is 4.76. The average molecular weight is 321 g/mol. The van der Waals surface area contributed by atoms with Gasteiger partial charge >= 0.3 is 6.09 Å². The first kappa shape index (κ1) is 14.9.